The lowest BCUT2D eigenvalue weighted by Crippen LogP contribution is -2.36. The van der Waals surface area contributed by atoms with Crippen molar-refractivity contribution in [1.82, 2.24) is 4.90 Å². The van der Waals surface area contributed by atoms with E-state index in [0.717, 1.165) is 0 Å². The van der Waals surface area contributed by atoms with Crippen LogP contribution >= 0.6 is 0 Å². The predicted octanol–water partition coefficient (Wildman–Crippen LogP) is 12.4. The Bertz CT molecular complexity index is 688. The van der Waals surface area contributed by atoms with E-state index in [9.17, 15) is 0 Å². The zero-order chi connectivity index (χ0) is 27.9. The van der Waals surface area contributed by atoms with Crippen LogP contribution in [-0.2, 0) is 0 Å². The molecule has 0 radical (unpaired) electrons. The molecule has 1 fully saturated rings. The minimum atomic E-state index is 0.536. The van der Waals surface area contributed by atoms with Crippen molar-refractivity contribution in [3.8, 4) is 0 Å². The van der Waals surface area contributed by atoms with Crippen LogP contribution in [0.25, 0.3) is 6.08 Å². The maximum absolute atomic E-state index is 2.83. The molecule has 1 aliphatic heterocycles. The lowest BCUT2D eigenvalue weighted by molar-refractivity contribution is 0.176. The Balaban J connectivity index is 1.54. The number of hydrogen-bond donors (Lipinski definition) is 0. The summed E-state index contributed by atoms with van der Waals surface area (Å²) in [5, 5.41) is 0. The van der Waals surface area contributed by atoms with Crippen LogP contribution in [0.15, 0.2) is 36.4 Å². The zero-order valence-corrected chi connectivity index (χ0v) is 26.7. The van der Waals surface area contributed by atoms with Crippen molar-refractivity contribution in [2.24, 2.45) is 5.41 Å². The third-order valence-corrected chi connectivity index (χ3v) is 9.87. The highest BCUT2D eigenvalue weighted by Gasteiger charge is 2.33. The molecule has 0 saturated carbocycles. The highest BCUT2D eigenvalue weighted by molar-refractivity contribution is 5.49. The topological polar surface area (TPSA) is 3.24 Å². The molecule has 0 aromatic heterocycles. The fourth-order valence-electron chi connectivity index (χ4n) is 6.86. The van der Waals surface area contributed by atoms with Crippen LogP contribution in [0.1, 0.15) is 174 Å². The quantitative estimate of drug-likeness (QED) is 0.125. The molecule has 0 aliphatic carbocycles. The van der Waals surface area contributed by atoms with Crippen molar-refractivity contribution in [2.75, 3.05) is 13.1 Å². The molecular weight excluding hydrogens is 470 g/mol. The Morgan fingerprint density at radius 2 is 1.15 bits per heavy atom. The first-order valence-corrected chi connectivity index (χ1v) is 17.7. The van der Waals surface area contributed by atoms with E-state index in [1.807, 2.05) is 0 Å². The molecule has 2 rings (SSSR count). The molecule has 1 aliphatic rings. The minimum Gasteiger partial charge on any atom is -0.297 e. The van der Waals surface area contributed by atoms with Crippen molar-refractivity contribution in [1.29, 1.82) is 0 Å². The minimum absolute atomic E-state index is 0.536. The van der Waals surface area contributed by atoms with Gasteiger partial charge in [0.05, 0.1) is 0 Å². The number of benzene rings is 1. The van der Waals surface area contributed by atoms with Gasteiger partial charge >= 0.3 is 0 Å². The van der Waals surface area contributed by atoms with Crippen LogP contribution in [-0.4, -0.2) is 24.0 Å². The van der Waals surface area contributed by atoms with Gasteiger partial charge in [-0.2, -0.15) is 0 Å². The molecular formula is C38H67N. The predicted molar refractivity (Wildman–Crippen MR) is 176 cm³/mol. The van der Waals surface area contributed by atoms with Crippen molar-refractivity contribution < 1.29 is 0 Å². The molecule has 0 amide bonds. The van der Waals surface area contributed by atoms with E-state index in [-0.39, 0.29) is 0 Å². The first-order valence-electron chi connectivity index (χ1n) is 17.7. The Hall–Kier alpha value is -1.08. The summed E-state index contributed by atoms with van der Waals surface area (Å²) in [6.45, 7) is 9.72. The third kappa shape index (κ3) is 15.5. The van der Waals surface area contributed by atoms with Crippen LogP contribution < -0.4 is 0 Å². The Labute approximate surface area is 245 Å². The average molecular weight is 538 g/mol. The van der Waals surface area contributed by atoms with Gasteiger partial charge in [-0.3, -0.25) is 4.90 Å². The van der Waals surface area contributed by atoms with Gasteiger partial charge in [0.2, 0.25) is 0 Å². The van der Waals surface area contributed by atoms with Gasteiger partial charge < -0.3 is 0 Å². The van der Waals surface area contributed by atoms with E-state index in [1.165, 1.54) is 166 Å². The van der Waals surface area contributed by atoms with Crippen LogP contribution in [0.2, 0.25) is 0 Å². The number of nitrogens with zero attached hydrogens (tertiary/aromatic N) is 1. The smallest absolute Gasteiger partial charge is 0.0286 e. The van der Waals surface area contributed by atoms with Gasteiger partial charge in [0.1, 0.15) is 0 Å². The summed E-state index contributed by atoms with van der Waals surface area (Å²) >= 11 is 0. The maximum Gasteiger partial charge on any atom is 0.0286 e. The monoisotopic (exact) mass is 538 g/mol. The summed E-state index contributed by atoms with van der Waals surface area (Å²) in [6.07, 6.45) is 37.8. The van der Waals surface area contributed by atoms with Gasteiger partial charge in [-0.25, -0.2) is 0 Å². The van der Waals surface area contributed by atoms with E-state index in [2.05, 4.69) is 68.2 Å². The van der Waals surface area contributed by atoms with Crippen LogP contribution in [0.3, 0.4) is 0 Å². The standard InChI is InChI=1S/C38H67N/c1-4-7-8-9-10-11-12-13-14-15-16-17-18-19-20-21-22-26-33-39-34-27-32-38(5-2,6-3)35-37(39)31-30-36-28-24-23-25-29-36/h23-25,28-31,37H,4-22,26-27,32-35H2,1-3H3. The summed E-state index contributed by atoms with van der Waals surface area (Å²) in [7, 11) is 0. The molecule has 224 valence electrons. The maximum atomic E-state index is 2.83. The van der Waals surface area contributed by atoms with E-state index in [0.29, 0.717) is 11.5 Å². The molecule has 0 bridgehead atoms. The molecule has 1 unspecified atom stereocenters. The van der Waals surface area contributed by atoms with Gasteiger partial charge in [-0.1, -0.05) is 185 Å². The lowest BCUT2D eigenvalue weighted by atomic mass is 9.74. The number of likely N-dealkylation sites (tertiary alicyclic amines) is 1. The van der Waals surface area contributed by atoms with Gasteiger partial charge in [-0.15, -0.1) is 0 Å². The highest BCUT2D eigenvalue weighted by atomic mass is 15.2. The molecule has 1 nitrogen and oxygen atoms in total. The first-order chi connectivity index (χ1) is 19.2. The van der Waals surface area contributed by atoms with Crippen molar-refractivity contribution >= 4 is 6.08 Å². The third-order valence-electron chi connectivity index (χ3n) is 9.87. The molecule has 39 heavy (non-hydrogen) atoms. The van der Waals surface area contributed by atoms with E-state index >= 15 is 0 Å². The second kappa shape index (κ2) is 22.6. The molecule has 0 spiro atoms. The Kier molecular flexibility index (Phi) is 19.8. The van der Waals surface area contributed by atoms with Gasteiger partial charge in [0.15, 0.2) is 0 Å². The second-order valence-electron chi connectivity index (χ2n) is 12.9. The molecule has 1 saturated heterocycles. The van der Waals surface area contributed by atoms with Gasteiger partial charge in [0, 0.05) is 6.04 Å². The summed E-state index contributed by atoms with van der Waals surface area (Å²) in [4.78, 5) is 2.83. The molecule has 1 heterocycles. The number of rotatable bonds is 23. The molecule has 1 aromatic carbocycles. The molecule has 0 N–H and O–H groups in total. The summed E-state index contributed by atoms with van der Waals surface area (Å²) in [6, 6.07) is 11.5. The Morgan fingerprint density at radius 1 is 0.667 bits per heavy atom. The van der Waals surface area contributed by atoms with Crippen LogP contribution in [0, 0.1) is 5.41 Å². The fraction of sp³-hybridized carbons (Fsp3) is 0.789. The lowest BCUT2D eigenvalue weighted by Gasteiger charge is -2.35. The zero-order valence-electron chi connectivity index (χ0n) is 26.7. The highest BCUT2D eigenvalue weighted by Crippen LogP contribution is 2.41. The SMILES string of the molecule is CCCCCCCCCCCCCCCCCCCCN1CCCC(CC)(CC)CC1C=Cc1ccccc1. The van der Waals surface area contributed by atoms with Crippen molar-refractivity contribution in [3.63, 3.8) is 0 Å². The van der Waals surface area contributed by atoms with Crippen molar-refractivity contribution in [2.45, 2.75) is 174 Å². The largest absolute Gasteiger partial charge is 0.297 e. The van der Waals surface area contributed by atoms with Gasteiger partial charge in [-0.05, 0) is 49.8 Å². The summed E-state index contributed by atoms with van der Waals surface area (Å²) < 4.78 is 0. The van der Waals surface area contributed by atoms with E-state index < -0.39 is 0 Å². The van der Waals surface area contributed by atoms with Crippen molar-refractivity contribution in [3.05, 3.63) is 42.0 Å². The molecule has 1 heteroatoms. The van der Waals surface area contributed by atoms with E-state index in [1.54, 1.807) is 0 Å². The summed E-state index contributed by atoms with van der Waals surface area (Å²) in [5.74, 6) is 0. The fourth-order valence-corrected chi connectivity index (χ4v) is 6.86. The Morgan fingerprint density at radius 3 is 1.64 bits per heavy atom. The second-order valence-corrected chi connectivity index (χ2v) is 12.9. The van der Waals surface area contributed by atoms with E-state index in [4.69, 9.17) is 0 Å². The molecule has 1 aromatic rings. The van der Waals surface area contributed by atoms with Crippen LogP contribution in [0.4, 0.5) is 0 Å². The number of hydrogen-bond acceptors (Lipinski definition) is 1. The normalized spacial score (nSPS) is 18.1. The van der Waals surface area contributed by atoms with Crippen LogP contribution in [0.5, 0.6) is 0 Å². The number of unbranched alkanes of at least 4 members (excludes halogenated alkanes) is 17. The molecule has 1 atom stereocenters. The average Bonchev–Trinajstić information content (AvgIpc) is 3.15. The van der Waals surface area contributed by atoms with Gasteiger partial charge in [0.25, 0.3) is 0 Å². The first kappa shape index (κ1) is 34.1. The summed E-state index contributed by atoms with van der Waals surface area (Å²) in [5.41, 5.74) is 1.88.